The molecule has 1 atom stereocenters. The zero-order valence-electron chi connectivity index (χ0n) is 7.86. The zero-order valence-corrected chi connectivity index (χ0v) is 8.75. The molecule has 0 saturated carbocycles. The highest BCUT2D eigenvalue weighted by Gasteiger charge is 2.41. The Morgan fingerprint density at radius 2 is 2.08 bits per heavy atom. The van der Waals surface area contributed by atoms with Crippen molar-refractivity contribution in [2.45, 2.75) is 19.4 Å². The maximum absolute atomic E-state index is 11.6. The molecular formula is C8H14N2O2S. The molecule has 1 aliphatic heterocycles. The van der Waals surface area contributed by atoms with Gasteiger partial charge in [0, 0.05) is 19.3 Å². The molecule has 0 aromatic carbocycles. The number of imide groups is 1. The lowest BCUT2D eigenvalue weighted by Crippen LogP contribution is -2.32. The SMILES string of the molecule is CCCN1C(=O)C(CS)N(C)C1=O. The molecule has 74 valence electrons. The van der Waals surface area contributed by atoms with Gasteiger partial charge >= 0.3 is 6.03 Å². The van der Waals surface area contributed by atoms with E-state index in [0.29, 0.717) is 12.3 Å². The van der Waals surface area contributed by atoms with Crippen LogP contribution in [-0.2, 0) is 4.79 Å². The van der Waals surface area contributed by atoms with Crippen LogP contribution in [0.1, 0.15) is 13.3 Å². The summed E-state index contributed by atoms with van der Waals surface area (Å²) in [6.45, 7) is 2.45. The Hall–Kier alpha value is -0.710. The van der Waals surface area contributed by atoms with Gasteiger partial charge in [0.15, 0.2) is 0 Å². The number of hydrogen-bond acceptors (Lipinski definition) is 3. The number of thiol groups is 1. The van der Waals surface area contributed by atoms with Crippen LogP contribution >= 0.6 is 12.6 Å². The summed E-state index contributed by atoms with van der Waals surface area (Å²) >= 11 is 4.04. The monoisotopic (exact) mass is 202 g/mol. The molecule has 1 heterocycles. The highest BCUT2D eigenvalue weighted by atomic mass is 32.1. The molecule has 0 aromatic heterocycles. The number of urea groups is 1. The van der Waals surface area contributed by atoms with Gasteiger partial charge in [-0.2, -0.15) is 12.6 Å². The van der Waals surface area contributed by atoms with Crippen LogP contribution < -0.4 is 0 Å². The second-order valence-electron chi connectivity index (χ2n) is 3.08. The van der Waals surface area contributed by atoms with E-state index in [4.69, 9.17) is 0 Å². The van der Waals surface area contributed by atoms with Gasteiger partial charge in [-0.15, -0.1) is 0 Å². The molecule has 1 aliphatic rings. The molecule has 0 N–H and O–H groups in total. The van der Waals surface area contributed by atoms with Gasteiger partial charge in [0.1, 0.15) is 6.04 Å². The molecule has 1 unspecified atom stereocenters. The second-order valence-corrected chi connectivity index (χ2v) is 3.45. The van der Waals surface area contributed by atoms with Crippen LogP contribution in [0.5, 0.6) is 0 Å². The van der Waals surface area contributed by atoms with Crippen molar-refractivity contribution in [1.82, 2.24) is 9.80 Å². The van der Waals surface area contributed by atoms with E-state index >= 15 is 0 Å². The van der Waals surface area contributed by atoms with Crippen LogP contribution in [-0.4, -0.2) is 47.1 Å². The van der Waals surface area contributed by atoms with E-state index in [1.807, 2.05) is 6.92 Å². The van der Waals surface area contributed by atoms with E-state index in [2.05, 4.69) is 12.6 Å². The molecule has 1 saturated heterocycles. The summed E-state index contributed by atoms with van der Waals surface area (Å²) in [5.41, 5.74) is 0. The fourth-order valence-electron chi connectivity index (χ4n) is 1.39. The van der Waals surface area contributed by atoms with Crippen LogP contribution in [0, 0.1) is 0 Å². The number of carbonyl (C=O) groups excluding carboxylic acids is 2. The lowest BCUT2D eigenvalue weighted by atomic mass is 10.3. The number of amides is 3. The average molecular weight is 202 g/mol. The number of nitrogens with zero attached hydrogens (tertiary/aromatic N) is 2. The van der Waals surface area contributed by atoms with E-state index in [9.17, 15) is 9.59 Å². The van der Waals surface area contributed by atoms with Crippen molar-refractivity contribution in [2.75, 3.05) is 19.3 Å². The Morgan fingerprint density at radius 1 is 1.46 bits per heavy atom. The lowest BCUT2D eigenvalue weighted by Gasteiger charge is -2.13. The van der Waals surface area contributed by atoms with Gasteiger partial charge in [0.2, 0.25) is 0 Å². The zero-order chi connectivity index (χ0) is 10.0. The predicted molar refractivity (Wildman–Crippen MR) is 52.8 cm³/mol. The van der Waals surface area contributed by atoms with E-state index in [-0.39, 0.29) is 18.0 Å². The average Bonchev–Trinajstić information content (AvgIpc) is 2.31. The Bertz CT molecular complexity index is 232. The summed E-state index contributed by atoms with van der Waals surface area (Å²) in [4.78, 5) is 25.8. The topological polar surface area (TPSA) is 40.6 Å². The summed E-state index contributed by atoms with van der Waals surface area (Å²) in [6.07, 6.45) is 0.796. The van der Waals surface area contributed by atoms with E-state index in [0.717, 1.165) is 6.42 Å². The molecule has 0 bridgehead atoms. The van der Waals surface area contributed by atoms with Crippen molar-refractivity contribution < 1.29 is 9.59 Å². The highest BCUT2D eigenvalue weighted by Crippen LogP contribution is 2.16. The van der Waals surface area contributed by atoms with Gasteiger partial charge in [-0.25, -0.2) is 4.79 Å². The molecule has 0 aliphatic carbocycles. The maximum atomic E-state index is 11.6. The maximum Gasteiger partial charge on any atom is 0.327 e. The molecular weight excluding hydrogens is 188 g/mol. The predicted octanol–water partition coefficient (Wildman–Crippen LogP) is 0.589. The van der Waals surface area contributed by atoms with Gasteiger partial charge in [0.25, 0.3) is 5.91 Å². The van der Waals surface area contributed by atoms with Gasteiger partial charge in [-0.1, -0.05) is 6.92 Å². The summed E-state index contributed by atoms with van der Waals surface area (Å²) in [5.74, 6) is 0.269. The van der Waals surface area contributed by atoms with Crippen molar-refractivity contribution in [3.63, 3.8) is 0 Å². The van der Waals surface area contributed by atoms with Gasteiger partial charge in [-0.3, -0.25) is 9.69 Å². The van der Waals surface area contributed by atoms with Crippen LogP contribution in [0.2, 0.25) is 0 Å². The smallest absolute Gasteiger partial charge is 0.314 e. The summed E-state index contributed by atoms with van der Waals surface area (Å²) < 4.78 is 0. The first-order valence-corrected chi connectivity index (χ1v) is 4.95. The molecule has 1 fully saturated rings. The third-order valence-electron chi connectivity index (χ3n) is 2.17. The number of rotatable bonds is 3. The number of carbonyl (C=O) groups is 2. The largest absolute Gasteiger partial charge is 0.327 e. The van der Waals surface area contributed by atoms with Crippen molar-refractivity contribution >= 4 is 24.6 Å². The van der Waals surface area contributed by atoms with Crippen LogP contribution in [0.25, 0.3) is 0 Å². The Morgan fingerprint density at radius 3 is 2.46 bits per heavy atom. The lowest BCUT2D eigenvalue weighted by molar-refractivity contribution is -0.127. The molecule has 0 radical (unpaired) electrons. The first-order valence-electron chi connectivity index (χ1n) is 4.32. The molecule has 0 spiro atoms. The normalized spacial score (nSPS) is 23.2. The van der Waals surface area contributed by atoms with E-state index in [1.165, 1.54) is 9.80 Å². The summed E-state index contributed by atoms with van der Waals surface area (Å²) in [5, 5.41) is 0. The minimum Gasteiger partial charge on any atom is -0.314 e. The van der Waals surface area contributed by atoms with Crippen LogP contribution in [0.15, 0.2) is 0 Å². The molecule has 5 heteroatoms. The first kappa shape index (κ1) is 10.4. The van der Waals surface area contributed by atoms with Gasteiger partial charge < -0.3 is 4.90 Å². The fourth-order valence-corrected chi connectivity index (χ4v) is 1.79. The molecule has 1 rings (SSSR count). The summed E-state index contributed by atoms with van der Waals surface area (Å²) in [6, 6.07) is -0.576. The fraction of sp³-hybridized carbons (Fsp3) is 0.750. The minimum atomic E-state index is -0.373. The van der Waals surface area contributed by atoms with Gasteiger partial charge in [0.05, 0.1) is 0 Å². The highest BCUT2D eigenvalue weighted by molar-refractivity contribution is 7.80. The van der Waals surface area contributed by atoms with Gasteiger partial charge in [-0.05, 0) is 6.42 Å². The summed E-state index contributed by atoms with van der Waals surface area (Å²) in [7, 11) is 1.64. The molecule has 4 nitrogen and oxygen atoms in total. The van der Waals surface area contributed by atoms with Crippen molar-refractivity contribution in [2.24, 2.45) is 0 Å². The molecule has 3 amide bonds. The number of likely N-dealkylation sites (N-methyl/N-ethyl adjacent to an activating group) is 1. The first-order chi connectivity index (χ1) is 6.13. The Kier molecular flexibility index (Phi) is 3.19. The molecule has 13 heavy (non-hydrogen) atoms. The Labute approximate surface area is 83.3 Å². The minimum absolute atomic E-state index is 0.121. The Balaban J connectivity index is 2.78. The van der Waals surface area contributed by atoms with Crippen molar-refractivity contribution in [1.29, 1.82) is 0 Å². The van der Waals surface area contributed by atoms with Crippen molar-refractivity contribution in [3.8, 4) is 0 Å². The third kappa shape index (κ3) is 1.65. The van der Waals surface area contributed by atoms with Crippen LogP contribution in [0.3, 0.4) is 0 Å². The standard InChI is InChI=1S/C8H14N2O2S/c1-3-4-10-7(11)6(5-13)9(2)8(10)12/h6,13H,3-5H2,1-2H3. The van der Waals surface area contributed by atoms with E-state index in [1.54, 1.807) is 7.05 Å². The number of hydrogen-bond donors (Lipinski definition) is 1. The quantitative estimate of drug-likeness (QED) is 0.537. The van der Waals surface area contributed by atoms with Crippen molar-refractivity contribution in [3.05, 3.63) is 0 Å². The van der Waals surface area contributed by atoms with E-state index < -0.39 is 0 Å². The van der Waals surface area contributed by atoms with Crippen LogP contribution in [0.4, 0.5) is 4.79 Å². The molecule has 0 aromatic rings. The third-order valence-corrected chi connectivity index (χ3v) is 2.52. The second kappa shape index (κ2) is 4.00.